The van der Waals surface area contributed by atoms with Gasteiger partial charge in [0.1, 0.15) is 12.4 Å². The molecule has 5 rings (SSSR count). The van der Waals surface area contributed by atoms with Gasteiger partial charge >= 0.3 is 0 Å². The van der Waals surface area contributed by atoms with E-state index in [4.69, 9.17) is 10.5 Å². The van der Waals surface area contributed by atoms with E-state index < -0.39 is 5.91 Å². The average molecular weight is 449 g/mol. The lowest BCUT2D eigenvalue weighted by molar-refractivity contribution is 0.100. The highest BCUT2D eigenvalue weighted by atomic mass is 16.5. The van der Waals surface area contributed by atoms with Crippen molar-refractivity contribution >= 4 is 27.7 Å². The van der Waals surface area contributed by atoms with Gasteiger partial charge in [-0.1, -0.05) is 74.5 Å². The van der Waals surface area contributed by atoms with E-state index in [1.54, 1.807) is 0 Å². The van der Waals surface area contributed by atoms with Crippen LogP contribution in [0.3, 0.4) is 0 Å². The minimum atomic E-state index is -0.408. The standard InChI is InChI=1S/C30H28N2O2/c1-20(2)23-14-15-25-28(17-23)32(27-13-7-12-26(29(25)27)30(31)33)18-22-10-6-11-24(16-22)34-19-21-8-4-3-5-9-21/h3-17,20H,18-19H2,1-2H3,(H2,31,33). The second kappa shape index (κ2) is 9.06. The first-order valence-corrected chi connectivity index (χ1v) is 11.6. The molecule has 34 heavy (non-hydrogen) atoms. The molecule has 0 atom stereocenters. The molecule has 0 aliphatic carbocycles. The van der Waals surface area contributed by atoms with E-state index in [1.165, 1.54) is 5.56 Å². The Labute approximate surface area is 199 Å². The van der Waals surface area contributed by atoms with E-state index in [0.717, 1.165) is 38.7 Å². The molecule has 1 heterocycles. The van der Waals surface area contributed by atoms with Crippen LogP contribution in [0.15, 0.2) is 91.0 Å². The molecule has 0 spiro atoms. The van der Waals surface area contributed by atoms with Crippen LogP contribution in [0.1, 0.15) is 46.8 Å². The number of ether oxygens (including phenoxy) is 1. The summed E-state index contributed by atoms with van der Waals surface area (Å²) < 4.78 is 8.33. The fourth-order valence-electron chi connectivity index (χ4n) is 4.55. The second-order valence-electron chi connectivity index (χ2n) is 9.00. The molecule has 170 valence electrons. The summed E-state index contributed by atoms with van der Waals surface area (Å²) in [5.41, 5.74) is 11.9. The third-order valence-electron chi connectivity index (χ3n) is 6.33. The molecule has 0 aliphatic rings. The van der Waals surface area contributed by atoms with E-state index in [0.29, 0.717) is 24.6 Å². The zero-order valence-corrected chi connectivity index (χ0v) is 19.5. The van der Waals surface area contributed by atoms with Gasteiger partial charge in [-0.05, 0) is 52.9 Å². The molecule has 0 fully saturated rings. The molecule has 0 saturated heterocycles. The lowest BCUT2D eigenvalue weighted by atomic mass is 10.00. The van der Waals surface area contributed by atoms with Crippen molar-refractivity contribution in [2.75, 3.05) is 0 Å². The van der Waals surface area contributed by atoms with Gasteiger partial charge in [0.15, 0.2) is 0 Å². The molecule has 5 aromatic rings. The molecule has 4 nitrogen and oxygen atoms in total. The number of hydrogen-bond acceptors (Lipinski definition) is 2. The summed E-state index contributed by atoms with van der Waals surface area (Å²) in [5.74, 6) is 0.831. The monoisotopic (exact) mass is 448 g/mol. The van der Waals surface area contributed by atoms with Crippen LogP contribution < -0.4 is 10.5 Å². The first-order chi connectivity index (χ1) is 16.5. The van der Waals surface area contributed by atoms with Gasteiger partial charge in [-0.2, -0.15) is 0 Å². The number of benzene rings is 4. The Kier molecular flexibility index (Phi) is 5.81. The fourth-order valence-corrected chi connectivity index (χ4v) is 4.55. The van der Waals surface area contributed by atoms with Gasteiger partial charge in [0.05, 0.1) is 5.52 Å². The van der Waals surface area contributed by atoms with Gasteiger partial charge in [0.25, 0.3) is 0 Å². The van der Waals surface area contributed by atoms with Crippen LogP contribution in [0.25, 0.3) is 21.8 Å². The second-order valence-corrected chi connectivity index (χ2v) is 9.00. The van der Waals surface area contributed by atoms with Crippen LogP contribution >= 0.6 is 0 Å². The van der Waals surface area contributed by atoms with Gasteiger partial charge in [0.2, 0.25) is 5.91 Å². The third kappa shape index (κ3) is 4.15. The number of fused-ring (bicyclic) bond motifs is 3. The normalized spacial score (nSPS) is 11.4. The molecule has 0 radical (unpaired) electrons. The number of aromatic nitrogens is 1. The summed E-state index contributed by atoms with van der Waals surface area (Å²) in [7, 11) is 0. The van der Waals surface area contributed by atoms with Crippen molar-refractivity contribution in [3.63, 3.8) is 0 Å². The number of nitrogens with zero attached hydrogens (tertiary/aromatic N) is 1. The van der Waals surface area contributed by atoms with Gasteiger partial charge in [0, 0.05) is 28.4 Å². The molecule has 0 unspecified atom stereocenters. The van der Waals surface area contributed by atoms with Crippen LogP contribution in [0.4, 0.5) is 0 Å². The third-order valence-corrected chi connectivity index (χ3v) is 6.33. The van der Waals surface area contributed by atoms with Crippen molar-refractivity contribution in [1.29, 1.82) is 0 Å². The number of primary amides is 1. The van der Waals surface area contributed by atoms with Gasteiger partial charge in [-0.25, -0.2) is 0 Å². The minimum absolute atomic E-state index is 0.404. The van der Waals surface area contributed by atoms with E-state index in [9.17, 15) is 4.79 Å². The van der Waals surface area contributed by atoms with E-state index in [1.807, 2.05) is 42.5 Å². The SMILES string of the molecule is CC(C)c1ccc2c3c(C(N)=O)cccc3n(Cc3cccc(OCc4ccccc4)c3)c2c1. The van der Waals surface area contributed by atoms with Gasteiger partial charge in [-0.3, -0.25) is 4.79 Å². The number of carbonyl (C=O) groups is 1. The first-order valence-electron chi connectivity index (χ1n) is 11.6. The highest BCUT2D eigenvalue weighted by Gasteiger charge is 2.17. The summed E-state index contributed by atoms with van der Waals surface area (Å²) in [5, 5.41) is 1.96. The predicted octanol–water partition coefficient (Wildman–Crippen LogP) is 6.64. The summed E-state index contributed by atoms with van der Waals surface area (Å²) in [6, 6.07) is 30.6. The van der Waals surface area contributed by atoms with Gasteiger partial charge in [-0.15, -0.1) is 0 Å². The summed E-state index contributed by atoms with van der Waals surface area (Å²) >= 11 is 0. The predicted molar refractivity (Wildman–Crippen MR) is 138 cm³/mol. The summed E-state index contributed by atoms with van der Waals surface area (Å²) in [6.07, 6.45) is 0. The number of amides is 1. The number of rotatable bonds is 7. The van der Waals surface area contributed by atoms with Crippen LogP contribution in [0.2, 0.25) is 0 Å². The lowest BCUT2D eigenvalue weighted by Crippen LogP contribution is -2.11. The molecule has 0 saturated carbocycles. The molecule has 0 bridgehead atoms. The molecule has 1 amide bonds. The van der Waals surface area contributed by atoms with Crippen molar-refractivity contribution in [2.24, 2.45) is 5.73 Å². The lowest BCUT2D eigenvalue weighted by Gasteiger charge is -2.12. The Morgan fingerprint density at radius 2 is 1.62 bits per heavy atom. The Balaban J connectivity index is 1.57. The summed E-state index contributed by atoms with van der Waals surface area (Å²) in [4.78, 5) is 12.2. The highest BCUT2D eigenvalue weighted by molar-refractivity contribution is 6.18. The van der Waals surface area contributed by atoms with E-state index >= 15 is 0 Å². The average Bonchev–Trinajstić information content (AvgIpc) is 3.16. The number of hydrogen-bond donors (Lipinski definition) is 1. The van der Waals surface area contributed by atoms with Crippen LogP contribution in [0.5, 0.6) is 5.75 Å². The zero-order chi connectivity index (χ0) is 23.7. The molecule has 1 aromatic heterocycles. The van der Waals surface area contributed by atoms with Gasteiger partial charge < -0.3 is 15.0 Å². The van der Waals surface area contributed by atoms with E-state index in [-0.39, 0.29) is 0 Å². The highest BCUT2D eigenvalue weighted by Crippen LogP contribution is 2.34. The van der Waals surface area contributed by atoms with Crippen LogP contribution in [-0.2, 0) is 13.2 Å². The van der Waals surface area contributed by atoms with Crippen molar-refractivity contribution < 1.29 is 9.53 Å². The van der Waals surface area contributed by atoms with Crippen molar-refractivity contribution in [2.45, 2.75) is 32.9 Å². The molecular weight excluding hydrogens is 420 g/mol. The molecular formula is C30H28N2O2. The molecule has 4 aromatic carbocycles. The molecule has 0 aliphatic heterocycles. The number of nitrogens with two attached hydrogens (primary N) is 1. The van der Waals surface area contributed by atoms with Crippen LogP contribution in [0, 0.1) is 0 Å². The molecule has 4 heteroatoms. The maximum atomic E-state index is 12.2. The van der Waals surface area contributed by atoms with Crippen molar-refractivity contribution in [3.05, 3.63) is 113 Å². The first kappa shape index (κ1) is 21.8. The Hall–Kier alpha value is -4.05. The largest absolute Gasteiger partial charge is 0.489 e. The van der Waals surface area contributed by atoms with Crippen molar-refractivity contribution in [1.82, 2.24) is 4.57 Å². The number of carbonyl (C=O) groups excluding carboxylic acids is 1. The smallest absolute Gasteiger partial charge is 0.249 e. The Morgan fingerprint density at radius 3 is 2.38 bits per heavy atom. The molecule has 2 N–H and O–H groups in total. The quantitative estimate of drug-likeness (QED) is 0.303. The Morgan fingerprint density at radius 1 is 0.853 bits per heavy atom. The maximum absolute atomic E-state index is 12.2. The Bertz CT molecular complexity index is 1480. The summed E-state index contributed by atoms with van der Waals surface area (Å²) in [6.45, 7) is 5.57. The topological polar surface area (TPSA) is 57.2 Å². The van der Waals surface area contributed by atoms with Crippen LogP contribution in [-0.4, -0.2) is 10.5 Å². The zero-order valence-electron chi connectivity index (χ0n) is 19.5. The van der Waals surface area contributed by atoms with Crippen molar-refractivity contribution in [3.8, 4) is 5.75 Å². The van der Waals surface area contributed by atoms with E-state index in [2.05, 4.69) is 66.9 Å². The minimum Gasteiger partial charge on any atom is -0.489 e. The maximum Gasteiger partial charge on any atom is 0.249 e. The fraction of sp³-hybridized carbons (Fsp3) is 0.167.